The van der Waals surface area contributed by atoms with Crippen LogP contribution in [-0.4, -0.2) is 38.4 Å². The molecule has 35 heavy (non-hydrogen) atoms. The van der Waals surface area contributed by atoms with E-state index in [1.807, 2.05) is 77.2 Å². The monoisotopic (exact) mass is 463 g/mol. The molecular weight excluding hydrogens is 442 g/mol. The number of imidazole rings is 1. The summed E-state index contributed by atoms with van der Waals surface area (Å²) in [5, 5.41) is 5.01. The molecule has 172 valence electrons. The van der Waals surface area contributed by atoms with Crippen molar-refractivity contribution in [2.45, 2.75) is 6.92 Å². The maximum Gasteiger partial charge on any atom is 0.216 e. The highest BCUT2D eigenvalue weighted by Gasteiger charge is 2.22. The summed E-state index contributed by atoms with van der Waals surface area (Å²) in [6.07, 6.45) is 0. The Bertz CT molecular complexity index is 1810. The number of para-hydroxylation sites is 3. The van der Waals surface area contributed by atoms with Crippen LogP contribution >= 0.6 is 0 Å². The molecule has 0 N–H and O–H groups in total. The number of aromatic nitrogens is 5. The molecule has 0 aliphatic heterocycles. The zero-order valence-electron chi connectivity index (χ0n) is 19.4. The van der Waals surface area contributed by atoms with Gasteiger partial charge >= 0.3 is 0 Å². The van der Waals surface area contributed by atoms with E-state index in [2.05, 4.69) is 5.10 Å². The molecule has 0 atom stereocenters. The van der Waals surface area contributed by atoms with Crippen LogP contribution in [0.4, 0.5) is 0 Å². The molecular formula is C27H21N5O3. The van der Waals surface area contributed by atoms with Gasteiger partial charge in [0.2, 0.25) is 5.43 Å². The van der Waals surface area contributed by atoms with Crippen molar-refractivity contribution in [2.24, 2.45) is 0 Å². The number of ether oxygens (including phenoxy) is 2. The average Bonchev–Trinajstić information content (AvgIpc) is 3.29. The third-order valence-corrected chi connectivity index (χ3v) is 6.08. The van der Waals surface area contributed by atoms with Gasteiger partial charge in [-0.3, -0.25) is 9.20 Å². The van der Waals surface area contributed by atoms with Gasteiger partial charge in [-0.1, -0.05) is 30.3 Å². The molecule has 0 saturated heterocycles. The highest BCUT2D eigenvalue weighted by molar-refractivity contribution is 5.97. The van der Waals surface area contributed by atoms with Crippen molar-refractivity contribution in [3.05, 3.63) is 88.7 Å². The zero-order chi connectivity index (χ0) is 24.1. The molecule has 6 aromatic rings. The highest BCUT2D eigenvalue weighted by atomic mass is 16.5. The Morgan fingerprint density at radius 1 is 0.800 bits per heavy atom. The van der Waals surface area contributed by atoms with Crippen molar-refractivity contribution in [3.8, 4) is 28.6 Å². The lowest BCUT2D eigenvalue weighted by atomic mass is 10.1. The molecule has 8 heteroatoms. The Morgan fingerprint density at radius 3 is 2.31 bits per heavy atom. The van der Waals surface area contributed by atoms with Crippen molar-refractivity contribution in [3.63, 3.8) is 0 Å². The van der Waals surface area contributed by atoms with E-state index in [0.717, 1.165) is 22.3 Å². The first-order valence-electron chi connectivity index (χ1n) is 11.1. The molecule has 0 amide bonds. The van der Waals surface area contributed by atoms with E-state index in [-0.39, 0.29) is 5.43 Å². The molecule has 0 radical (unpaired) electrons. The maximum absolute atomic E-state index is 13.4. The van der Waals surface area contributed by atoms with Gasteiger partial charge in [0.1, 0.15) is 16.9 Å². The second-order valence-corrected chi connectivity index (χ2v) is 8.13. The molecule has 0 spiro atoms. The summed E-state index contributed by atoms with van der Waals surface area (Å²) in [6.45, 7) is 1.71. The fourth-order valence-corrected chi connectivity index (χ4v) is 4.41. The molecule has 8 nitrogen and oxygen atoms in total. The number of aryl methyl sites for hydroxylation is 1. The standard InChI is InChI=1S/C27H21N5O3/c1-16-24(33)23-26-28-19-11-7-8-12-20(19)31(26)25(17-13-14-21(34-2)22(15-17)35-3)29-27(23)32(30-16)18-9-5-4-6-10-18/h4-15H,1-3H3. The van der Waals surface area contributed by atoms with Crippen LogP contribution in [0, 0.1) is 6.92 Å². The lowest BCUT2D eigenvalue weighted by Gasteiger charge is -2.15. The first-order valence-corrected chi connectivity index (χ1v) is 11.1. The predicted molar refractivity (Wildman–Crippen MR) is 135 cm³/mol. The van der Waals surface area contributed by atoms with E-state index >= 15 is 0 Å². The molecule has 3 aromatic heterocycles. The van der Waals surface area contributed by atoms with Crippen LogP contribution in [0.1, 0.15) is 5.69 Å². The summed E-state index contributed by atoms with van der Waals surface area (Å²) in [6, 6.07) is 23.0. The Kier molecular flexibility index (Phi) is 4.74. The molecule has 3 heterocycles. The SMILES string of the molecule is COc1ccc(-c2nc3c(c(=O)c(C)nn3-c3ccccc3)c3nc4ccccc4n23)cc1OC. The highest BCUT2D eigenvalue weighted by Crippen LogP contribution is 2.34. The first-order chi connectivity index (χ1) is 17.1. The zero-order valence-corrected chi connectivity index (χ0v) is 19.4. The van der Waals surface area contributed by atoms with Crippen LogP contribution in [0.5, 0.6) is 11.5 Å². The average molecular weight is 463 g/mol. The maximum atomic E-state index is 13.4. The number of rotatable bonds is 4. The van der Waals surface area contributed by atoms with Gasteiger partial charge in [0.25, 0.3) is 0 Å². The van der Waals surface area contributed by atoms with E-state index in [4.69, 9.17) is 19.4 Å². The Morgan fingerprint density at radius 2 is 1.54 bits per heavy atom. The third-order valence-electron chi connectivity index (χ3n) is 6.08. The number of methoxy groups -OCH3 is 2. The van der Waals surface area contributed by atoms with Crippen LogP contribution in [0.3, 0.4) is 0 Å². The van der Waals surface area contributed by atoms with Crippen molar-refractivity contribution in [1.29, 1.82) is 0 Å². The summed E-state index contributed by atoms with van der Waals surface area (Å²) in [7, 11) is 3.19. The van der Waals surface area contributed by atoms with Gasteiger partial charge in [-0.05, 0) is 49.4 Å². The lowest BCUT2D eigenvalue weighted by molar-refractivity contribution is 0.355. The molecule has 0 unspecified atom stereocenters. The second kappa shape index (κ2) is 7.95. The number of nitrogens with zero attached hydrogens (tertiary/aromatic N) is 5. The topological polar surface area (TPSA) is 83.5 Å². The quantitative estimate of drug-likeness (QED) is 0.381. The van der Waals surface area contributed by atoms with Gasteiger partial charge in [-0.25, -0.2) is 14.6 Å². The molecule has 0 fully saturated rings. The van der Waals surface area contributed by atoms with Crippen LogP contribution in [-0.2, 0) is 0 Å². The largest absolute Gasteiger partial charge is 0.493 e. The lowest BCUT2D eigenvalue weighted by Crippen LogP contribution is -2.18. The summed E-state index contributed by atoms with van der Waals surface area (Å²) < 4.78 is 14.6. The molecule has 3 aromatic carbocycles. The predicted octanol–water partition coefficient (Wildman–Crippen LogP) is 4.57. The van der Waals surface area contributed by atoms with Crippen LogP contribution in [0.15, 0.2) is 77.6 Å². The van der Waals surface area contributed by atoms with Crippen LogP contribution in [0.25, 0.3) is 44.8 Å². The van der Waals surface area contributed by atoms with E-state index < -0.39 is 0 Å². The Labute approximate surface area is 200 Å². The van der Waals surface area contributed by atoms with Crippen molar-refractivity contribution in [1.82, 2.24) is 24.1 Å². The van der Waals surface area contributed by atoms with Crippen LogP contribution < -0.4 is 14.9 Å². The van der Waals surface area contributed by atoms with E-state index in [0.29, 0.717) is 39.7 Å². The number of hydrogen-bond acceptors (Lipinski definition) is 6. The normalized spacial score (nSPS) is 11.4. The fourth-order valence-electron chi connectivity index (χ4n) is 4.41. The minimum Gasteiger partial charge on any atom is -0.493 e. The molecule has 6 rings (SSSR count). The van der Waals surface area contributed by atoms with E-state index in [1.165, 1.54) is 0 Å². The van der Waals surface area contributed by atoms with Gasteiger partial charge < -0.3 is 9.47 Å². The first kappa shape index (κ1) is 20.9. The number of hydrogen-bond donors (Lipinski definition) is 0. The summed E-state index contributed by atoms with van der Waals surface area (Å²) in [5.41, 5.74) is 4.33. The van der Waals surface area contributed by atoms with E-state index in [9.17, 15) is 4.79 Å². The number of fused-ring (bicyclic) bond motifs is 5. The van der Waals surface area contributed by atoms with Crippen molar-refractivity contribution < 1.29 is 9.47 Å². The molecule has 0 bridgehead atoms. The van der Waals surface area contributed by atoms with Crippen LogP contribution in [0.2, 0.25) is 0 Å². The minimum atomic E-state index is -0.196. The summed E-state index contributed by atoms with van der Waals surface area (Å²) >= 11 is 0. The van der Waals surface area contributed by atoms with Gasteiger partial charge in [0.15, 0.2) is 22.8 Å². The van der Waals surface area contributed by atoms with Gasteiger partial charge in [0.05, 0.1) is 30.9 Å². The molecule has 0 aliphatic rings. The number of benzene rings is 3. The van der Waals surface area contributed by atoms with Gasteiger partial charge in [-0.2, -0.15) is 5.10 Å². The summed E-state index contributed by atoms with van der Waals surface area (Å²) in [5.74, 6) is 1.80. The van der Waals surface area contributed by atoms with Gasteiger partial charge in [0, 0.05) is 5.56 Å². The van der Waals surface area contributed by atoms with Gasteiger partial charge in [-0.15, -0.1) is 0 Å². The van der Waals surface area contributed by atoms with E-state index in [1.54, 1.807) is 25.8 Å². The minimum absolute atomic E-state index is 0.196. The molecule has 0 saturated carbocycles. The molecule has 0 aliphatic carbocycles. The van der Waals surface area contributed by atoms with Crippen molar-refractivity contribution in [2.75, 3.05) is 14.2 Å². The smallest absolute Gasteiger partial charge is 0.216 e. The third kappa shape index (κ3) is 3.14. The van der Waals surface area contributed by atoms with Crippen molar-refractivity contribution >= 4 is 27.7 Å². The Hall–Kier alpha value is -4.72. The fraction of sp³-hybridized carbons (Fsp3) is 0.111. The summed E-state index contributed by atoms with van der Waals surface area (Å²) in [4.78, 5) is 23.3. The Balaban J connectivity index is 1.83. The second-order valence-electron chi connectivity index (χ2n) is 8.13.